The number of Topliss-reactive ketones (excluding diaryl/α,β-unsaturated/α-hetero) is 1. The van der Waals surface area contributed by atoms with Gasteiger partial charge in [-0.2, -0.15) is 0 Å². The van der Waals surface area contributed by atoms with Crippen LogP contribution in [0.5, 0.6) is 17.2 Å². The van der Waals surface area contributed by atoms with Crippen LogP contribution in [0.4, 0.5) is 26.7 Å². The Labute approximate surface area is 638 Å². The van der Waals surface area contributed by atoms with Crippen molar-refractivity contribution in [1.82, 2.24) is 29.7 Å². The summed E-state index contributed by atoms with van der Waals surface area (Å²) in [6.45, 7) is 31.4. The fourth-order valence-electron chi connectivity index (χ4n) is 15.2. The van der Waals surface area contributed by atoms with Gasteiger partial charge in [-0.05, 0) is 262 Å². The van der Waals surface area contributed by atoms with E-state index in [4.69, 9.17) is 29.4 Å². The van der Waals surface area contributed by atoms with Gasteiger partial charge in [0.2, 0.25) is 0 Å². The second kappa shape index (κ2) is 32.5. The van der Waals surface area contributed by atoms with Crippen molar-refractivity contribution in [3.8, 4) is 17.2 Å². The van der Waals surface area contributed by atoms with Gasteiger partial charge in [0.15, 0.2) is 17.2 Å². The van der Waals surface area contributed by atoms with Crippen molar-refractivity contribution in [2.24, 2.45) is 23.5 Å². The lowest BCUT2D eigenvalue weighted by molar-refractivity contribution is -0.114. The Morgan fingerprint density at radius 1 is 0.509 bits per heavy atom. The first-order valence-electron chi connectivity index (χ1n) is 37.7. The summed E-state index contributed by atoms with van der Waals surface area (Å²) in [6, 6.07) is 23.3. The van der Waals surface area contributed by atoms with E-state index in [1.165, 1.54) is 11.3 Å². The molecule has 0 radical (unpaired) electrons. The van der Waals surface area contributed by atoms with Gasteiger partial charge in [-0.25, -0.2) is 9.59 Å². The first-order chi connectivity index (χ1) is 50.2. The number of nitrogens with one attached hydrogen (secondary N) is 3. The average Bonchev–Trinajstić information content (AvgIpc) is 1.56. The summed E-state index contributed by atoms with van der Waals surface area (Å²) in [7, 11) is 4.67. The number of anilines is 3. The van der Waals surface area contributed by atoms with E-state index < -0.39 is 11.2 Å². The molecule has 4 aliphatic heterocycles. The number of aryl methyl sites for hydroxylation is 3. The molecule has 5 N–H and O–H groups in total. The monoisotopic (exact) mass is 1580 g/mol. The van der Waals surface area contributed by atoms with Crippen LogP contribution in [0.15, 0.2) is 90.1 Å². The number of hydrogen-bond acceptors (Lipinski definition) is 16. The largest absolute Gasteiger partial charge is 0.491 e. The van der Waals surface area contributed by atoms with Crippen LogP contribution in [0.2, 0.25) is 0 Å². The van der Waals surface area contributed by atoms with Gasteiger partial charge < -0.3 is 73.8 Å². The fraction of sp³-hybridized carbons (Fsp3) is 0.549. The fourth-order valence-corrected chi connectivity index (χ4v) is 15.9. The molecule has 24 heteroatoms. The molecular weight excluding hydrogens is 1480 g/mol. The SMILES string of the molecule is COc1cc2ccc(Br)c(C)c2n(C2CC2)c1=O.COc1cc2ccc(N3CC[C@@H]([C@H](C)N)C3)c(C)c2n(C2CC2)c1=O.COc1cc2ccc(N3CC[C@@H]([C@H](C)NC(=O)OC(C)(C)C)C3)c(C)c2n(C2CC2)c1=O.C[C@H](NC(=O)OC(C)(C)C)[C@@H]1CCNC1.Cc1c(Br)ccc2c1N(C1CC1)C(=O)C2=O. The summed E-state index contributed by atoms with van der Waals surface area (Å²) in [4.78, 5) is 92.0. The number of nitrogens with zero attached hydrogens (tertiary/aromatic N) is 6. The van der Waals surface area contributed by atoms with Gasteiger partial charge in [-0.1, -0.05) is 50.1 Å². The van der Waals surface area contributed by atoms with E-state index in [-0.39, 0.29) is 70.8 Å². The molecule has 6 atom stereocenters. The van der Waals surface area contributed by atoms with Crippen LogP contribution >= 0.6 is 31.9 Å². The topological polar surface area (TPSA) is 252 Å². The molecule has 0 spiro atoms. The predicted molar refractivity (Wildman–Crippen MR) is 428 cm³/mol. The third-order valence-corrected chi connectivity index (χ3v) is 23.3. The van der Waals surface area contributed by atoms with E-state index in [0.29, 0.717) is 52.6 Å². The molecule has 106 heavy (non-hydrogen) atoms. The predicted octanol–water partition coefficient (Wildman–Crippen LogP) is 14.6. The maximum Gasteiger partial charge on any atom is 0.407 e. The molecule has 0 unspecified atom stereocenters. The van der Waals surface area contributed by atoms with Crippen molar-refractivity contribution in [3.63, 3.8) is 0 Å². The zero-order valence-electron chi connectivity index (χ0n) is 64.6. The highest BCUT2D eigenvalue weighted by Gasteiger charge is 2.45. The van der Waals surface area contributed by atoms with Crippen LogP contribution in [-0.2, 0) is 14.3 Å². The number of ketones is 1. The molecule has 15 rings (SSSR count). The van der Waals surface area contributed by atoms with Gasteiger partial charge in [0, 0.05) is 105 Å². The molecule has 4 saturated carbocycles. The summed E-state index contributed by atoms with van der Waals surface area (Å²) < 4.78 is 34.3. The van der Waals surface area contributed by atoms with Crippen LogP contribution < -0.4 is 67.3 Å². The minimum absolute atomic E-state index is 0.00683. The molecule has 4 aliphatic carbocycles. The number of halogens is 2. The number of nitrogens with two attached hydrogens (primary N) is 1. The molecule has 7 fully saturated rings. The quantitative estimate of drug-likeness (QED) is 0.0739. The number of hydrogen-bond donors (Lipinski definition) is 4. The summed E-state index contributed by atoms with van der Waals surface area (Å²) in [6.07, 6.45) is 10.9. The Morgan fingerprint density at radius 2 is 0.896 bits per heavy atom. The lowest BCUT2D eigenvalue weighted by Crippen LogP contribution is -2.42. The molecule has 7 aromatic rings. The van der Waals surface area contributed by atoms with E-state index in [1.54, 1.807) is 32.3 Å². The Bertz CT molecular complexity index is 4670. The number of pyridine rings is 3. The highest BCUT2D eigenvalue weighted by molar-refractivity contribution is 9.10. The number of fused-ring (bicyclic) bond motifs is 4. The molecular formula is C82H108Br2N10O12. The zero-order chi connectivity index (χ0) is 76.7. The van der Waals surface area contributed by atoms with Crippen LogP contribution in [0, 0.1) is 45.4 Å². The number of ether oxygens (including phenoxy) is 5. The van der Waals surface area contributed by atoms with Gasteiger partial charge >= 0.3 is 12.2 Å². The highest BCUT2D eigenvalue weighted by atomic mass is 79.9. The van der Waals surface area contributed by atoms with Gasteiger partial charge in [0.1, 0.15) is 11.2 Å². The number of rotatable bonds is 14. The second-order valence-corrected chi connectivity index (χ2v) is 33.7. The van der Waals surface area contributed by atoms with Crippen LogP contribution in [0.25, 0.3) is 32.7 Å². The lowest BCUT2D eigenvalue weighted by atomic mass is 10.0. The van der Waals surface area contributed by atoms with Crippen molar-refractivity contribution in [1.29, 1.82) is 0 Å². The molecule has 572 valence electrons. The molecule has 22 nitrogen and oxygen atoms in total. The summed E-state index contributed by atoms with van der Waals surface area (Å²) in [5, 5.41) is 12.3. The van der Waals surface area contributed by atoms with Crippen molar-refractivity contribution < 1.29 is 42.9 Å². The maximum atomic E-state index is 13.0. The minimum Gasteiger partial charge on any atom is -0.491 e. The van der Waals surface area contributed by atoms with E-state index in [9.17, 15) is 33.6 Å². The molecule has 0 bridgehead atoms. The van der Waals surface area contributed by atoms with Crippen LogP contribution in [0.3, 0.4) is 0 Å². The number of carbonyl (C=O) groups excluding carboxylic acids is 4. The third kappa shape index (κ3) is 17.8. The number of benzene rings is 4. The van der Waals surface area contributed by atoms with Gasteiger partial charge in [0.05, 0.1) is 49.1 Å². The summed E-state index contributed by atoms with van der Waals surface area (Å²) >= 11 is 6.97. The number of methoxy groups -OCH3 is 3. The number of carbonyl (C=O) groups is 4. The minimum atomic E-state index is -0.506. The summed E-state index contributed by atoms with van der Waals surface area (Å²) in [5.74, 6) is 1.94. The van der Waals surface area contributed by atoms with Crippen molar-refractivity contribution in [3.05, 3.63) is 135 Å². The first kappa shape index (κ1) is 79.1. The van der Waals surface area contributed by atoms with Crippen molar-refractivity contribution in [2.75, 3.05) is 75.3 Å². The Hall–Kier alpha value is -7.93. The molecule has 3 amide bonds. The molecule has 7 heterocycles. The molecule has 4 aromatic carbocycles. The van der Waals surface area contributed by atoms with Gasteiger partial charge in [0.25, 0.3) is 28.4 Å². The second-order valence-electron chi connectivity index (χ2n) is 32.0. The standard InChI is InChI=1S/C25H35N3O4.C20H27N3O2.C14H14BrNO2.C12H10BrNO2.C11H22N2O2/c1-15-20(27-12-11-18(14-27)16(2)26-24(30)32-25(3,4)5)10-7-17-13-21(31-6)23(29)28(22(15)17)19-8-9-19;1-12-17(22-9-8-15(11-22)13(2)21)7-4-14-10-18(25-3)20(24)23(19(12)14)16-5-6-16;1-8-11(15)6-3-9-7-12(18-2)14(17)16(13(8)9)10-4-5-10;1-6-9(13)5-4-8-10(6)14(7-2-3-7)12(16)11(8)15;1-8(9-5-6-12-7-9)13-10(14)15-11(2,3)4/h7,10,13,16,18-19H,8-9,11-12,14H2,1-6H3,(H,26,30);4,7,10,13,15-16H,5-6,8-9,11,21H2,1-3H3;3,6-7,10H,4-5H2,1-2H3;4-5,7H,2-3H2,1H3;8-9,12H,5-7H2,1-4H3,(H,13,14)/t16-,18+;13-,15+;;;8-,9+/m00..0/s1. The normalized spacial score (nSPS) is 19.9. The maximum absolute atomic E-state index is 13.0. The van der Waals surface area contributed by atoms with Crippen molar-refractivity contribution >= 4 is 106 Å². The van der Waals surface area contributed by atoms with E-state index in [2.05, 4.69) is 103 Å². The molecule has 8 aliphatic rings. The average molecular weight is 1590 g/mol. The molecule has 3 aromatic heterocycles. The van der Waals surface area contributed by atoms with Gasteiger partial charge in [-0.15, -0.1) is 0 Å². The molecule has 3 saturated heterocycles. The first-order valence-corrected chi connectivity index (χ1v) is 39.3. The van der Waals surface area contributed by atoms with Crippen molar-refractivity contribution in [2.45, 2.75) is 214 Å². The Morgan fingerprint density at radius 3 is 1.28 bits per heavy atom. The summed E-state index contributed by atoms with van der Waals surface area (Å²) in [5.41, 5.74) is 16.4. The highest BCUT2D eigenvalue weighted by Crippen LogP contribution is 2.45. The van der Waals surface area contributed by atoms with Crippen LogP contribution in [0.1, 0.15) is 184 Å². The zero-order valence-corrected chi connectivity index (χ0v) is 67.7. The van der Waals surface area contributed by atoms with Crippen LogP contribution in [-0.4, -0.2) is 134 Å². The number of alkyl carbamates (subject to hydrolysis) is 2. The number of amides is 3. The van der Waals surface area contributed by atoms with E-state index in [0.717, 1.165) is 180 Å². The smallest absolute Gasteiger partial charge is 0.407 e. The Balaban J connectivity index is 0.000000136. The lowest BCUT2D eigenvalue weighted by Gasteiger charge is -2.26. The number of aromatic nitrogens is 3. The third-order valence-electron chi connectivity index (χ3n) is 21.6. The van der Waals surface area contributed by atoms with E-state index in [1.807, 2.05) is 119 Å². The van der Waals surface area contributed by atoms with Gasteiger partial charge in [-0.3, -0.25) is 24.0 Å². The Kier molecular flexibility index (Phi) is 24.2. The van der Waals surface area contributed by atoms with E-state index >= 15 is 0 Å².